The van der Waals surface area contributed by atoms with Crippen LogP contribution in [0.15, 0.2) is 5.38 Å². The third-order valence-electron chi connectivity index (χ3n) is 1.60. The maximum atomic E-state index is 4.40. The number of rotatable bonds is 3. The van der Waals surface area contributed by atoms with E-state index in [9.17, 15) is 0 Å². The van der Waals surface area contributed by atoms with Gasteiger partial charge in [-0.3, -0.25) is 0 Å². The van der Waals surface area contributed by atoms with Gasteiger partial charge in [-0.05, 0) is 25.7 Å². The fraction of sp³-hybridized carbons (Fsp3) is 0.667. The van der Waals surface area contributed by atoms with Crippen molar-refractivity contribution < 1.29 is 0 Å². The van der Waals surface area contributed by atoms with Crippen molar-refractivity contribution in [3.05, 3.63) is 16.1 Å². The number of hydrogen-bond donors (Lipinski definition) is 0. The van der Waals surface area contributed by atoms with Gasteiger partial charge in [0.25, 0.3) is 0 Å². The summed E-state index contributed by atoms with van der Waals surface area (Å²) in [5, 5.41) is 3.41. The fourth-order valence-corrected chi connectivity index (χ4v) is 1.72. The second-order valence-corrected chi connectivity index (χ2v) is 4.26. The van der Waals surface area contributed by atoms with Gasteiger partial charge in [0.1, 0.15) is 0 Å². The Kier molecular flexibility index (Phi) is 3.06. The Morgan fingerprint density at radius 1 is 1.55 bits per heavy atom. The molecule has 0 fully saturated rings. The average molecular weight is 169 g/mol. The molecule has 0 spiro atoms. The van der Waals surface area contributed by atoms with Gasteiger partial charge < -0.3 is 0 Å². The lowest BCUT2D eigenvalue weighted by molar-refractivity contribution is 0.585. The molecule has 0 saturated carbocycles. The molecule has 1 rings (SSSR count). The summed E-state index contributed by atoms with van der Waals surface area (Å²) >= 11 is 1.78. The minimum Gasteiger partial charge on any atom is -0.247 e. The van der Waals surface area contributed by atoms with Crippen LogP contribution >= 0.6 is 11.3 Å². The summed E-state index contributed by atoms with van der Waals surface area (Å²) in [5.41, 5.74) is 1.16. The van der Waals surface area contributed by atoms with Gasteiger partial charge in [-0.25, -0.2) is 4.98 Å². The standard InChI is InChI=1S/C9H15NS/c1-7(2)4-5-9-10-8(3)6-11-9/h6-7H,4-5H2,1-3H3. The highest BCUT2D eigenvalue weighted by atomic mass is 32.1. The molecule has 0 amide bonds. The van der Waals surface area contributed by atoms with Crippen LogP contribution in [0.3, 0.4) is 0 Å². The topological polar surface area (TPSA) is 12.9 Å². The predicted molar refractivity (Wildman–Crippen MR) is 50.0 cm³/mol. The highest BCUT2D eigenvalue weighted by molar-refractivity contribution is 7.09. The van der Waals surface area contributed by atoms with Crippen molar-refractivity contribution in [2.24, 2.45) is 5.92 Å². The molecule has 1 aromatic heterocycles. The summed E-state index contributed by atoms with van der Waals surface area (Å²) in [6.07, 6.45) is 2.41. The molecule has 0 aliphatic heterocycles. The lowest BCUT2D eigenvalue weighted by Crippen LogP contribution is -1.91. The van der Waals surface area contributed by atoms with E-state index in [1.807, 2.05) is 0 Å². The number of aryl methyl sites for hydroxylation is 2. The van der Waals surface area contributed by atoms with Crippen LogP contribution in [0, 0.1) is 12.8 Å². The third-order valence-corrected chi connectivity index (χ3v) is 2.63. The smallest absolute Gasteiger partial charge is 0.0928 e. The van der Waals surface area contributed by atoms with E-state index in [1.54, 1.807) is 11.3 Å². The van der Waals surface area contributed by atoms with E-state index in [1.165, 1.54) is 11.4 Å². The second kappa shape index (κ2) is 3.86. The molecular formula is C9H15NS. The van der Waals surface area contributed by atoms with E-state index in [4.69, 9.17) is 0 Å². The molecule has 1 aromatic rings. The summed E-state index contributed by atoms with van der Waals surface area (Å²) in [6, 6.07) is 0. The third kappa shape index (κ3) is 3.02. The number of hydrogen-bond acceptors (Lipinski definition) is 2. The molecular weight excluding hydrogens is 154 g/mol. The van der Waals surface area contributed by atoms with Crippen molar-refractivity contribution in [2.45, 2.75) is 33.6 Å². The molecule has 0 unspecified atom stereocenters. The Hall–Kier alpha value is -0.370. The molecule has 11 heavy (non-hydrogen) atoms. The highest BCUT2D eigenvalue weighted by Crippen LogP contribution is 2.13. The Morgan fingerprint density at radius 3 is 2.73 bits per heavy atom. The zero-order valence-electron chi connectivity index (χ0n) is 7.42. The molecule has 0 radical (unpaired) electrons. The van der Waals surface area contributed by atoms with Gasteiger partial charge in [-0.1, -0.05) is 13.8 Å². The summed E-state index contributed by atoms with van der Waals surface area (Å²) in [7, 11) is 0. The first-order valence-electron chi connectivity index (χ1n) is 4.09. The molecule has 0 aliphatic rings. The van der Waals surface area contributed by atoms with Gasteiger partial charge in [0.15, 0.2) is 0 Å². The minimum atomic E-state index is 0.791. The van der Waals surface area contributed by atoms with Gasteiger partial charge in [0.05, 0.1) is 5.01 Å². The van der Waals surface area contributed by atoms with E-state index < -0.39 is 0 Å². The van der Waals surface area contributed by atoms with Crippen molar-refractivity contribution >= 4 is 11.3 Å². The van der Waals surface area contributed by atoms with Crippen molar-refractivity contribution in [2.75, 3.05) is 0 Å². The fourth-order valence-electron chi connectivity index (χ4n) is 0.930. The zero-order valence-corrected chi connectivity index (χ0v) is 8.24. The average Bonchev–Trinajstić information content (AvgIpc) is 2.31. The van der Waals surface area contributed by atoms with Gasteiger partial charge in [-0.15, -0.1) is 11.3 Å². The van der Waals surface area contributed by atoms with Crippen LogP contribution < -0.4 is 0 Å². The molecule has 0 N–H and O–H groups in total. The largest absolute Gasteiger partial charge is 0.247 e. The lowest BCUT2D eigenvalue weighted by Gasteiger charge is -1.99. The highest BCUT2D eigenvalue weighted by Gasteiger charge is 1.99. The van der Waals surface area contributed by atoms with Gasteiger partial charge in [0, 0.05) is 11.1 Å². The molecule has 0 atom stereocenters. The van der Waals surface area contributed by atoms with E-state index in [-0.39, 0.29) is 0 Å². The monoisotopic (exact) mass is 169 g/mol. The summed E-state index contributed by atoms with van der Waals surface area (Å²) in [5.74, 6) is 0.791. The van der Waals surface area contributed by atoms with Crippen LogP contribution in [0.2, 0.25) is 0 Å². The minimum absolute atomic E-state index is 0.791. The molecule has 0 bridgehead atoms. The first-order valence-corrected chi connectivity index (χ1v) is 4.97. The first kappa shape index (κ1) is 8.72. The Bertz CT molecular complexity index is 215. The molecule has 62 valence electrons. The van der Waals surface area contributed by atoms with E-state index in [0.717, 1.165) is 18.0 Å². The van der Waals surface area contributed by atoms with Gasteiger partial charge >= 0.3 is 0 Å². The van der Waals surface area contributed by atoms with Crippen molar-refractivity contribution in [3.8, 4) is 0 Å². The van der Waals surface area contributed by atoms with Crippen LogP contribution in [0.25, 0.3) is 0 Å². The summed E-state index contributed by atoms with van der Waals surface area (Å²) in [4.78, 5) is 4.40. The molecule has 0 aromatic carbocycles. The maximum absolute atomic E-state index is 4.40. The number of nitrogens with zero attached hydrogens (tertiary/aromatic N) is 1. The molecule has 1 nitrogen and oxygen atoms in total. The number of thiazole rings is 1. The van der Waals surface area contributed by atoms with Crippen LogP contribution in [-0.4, -0.2) is 4.98 Å². The Morgan fingerprint density at radius 2 is 2.27 bits per heavy atom. The Labute approximate surface area is 72.5 Å². The quantitative estimate of drug-likeness (QED) is 0.677. The lowest BCUT2D eigenvalue weighted by atomic mass is 10.1. The molecule has 0 aliphatic carbocycles. The van der Waals surface area contributed by atoms with Gasteiger partial charge in [-0.2, -0.15) is 0 Å². The second-order valence-electron chi connectivity index (χ2n) is 3.32. The van der Waals surface area contributed by atoms with Crippen molar-refractivity contribution in [1.82, 2.24) is 4.98 Å². The van der Waals surface area contributed by atoms with Crippen molar-refractivity contribution in [1.29, 1.82) is 0 Å². The van der Waals surface area contributed by atoms with Crippen LogP contribution in [-0.2, 0) is 6.42 Å². The van der Waals surface area contributed by atoms with E-state index in [2.05, 4.69) is 31.1 Å². The number of aromatic nitrogens is 1. The summed E-state index contributed by atoms with van der Waals surface area (Å²) in [6.45, 7) is 6.55. The predicted octanol–water partition coefficient (Wildman–Crippen LogP) is 3.04. The molecule has 0 saturated heterocycles. The van der Waals surface area contributed by atoms with Crippen LogP contribution in [0.5, 0.6) is 0 Å². The van der Waals surface area contributed by atoms with Crippen molar-refractivity contribution in [3.63, 3.8) is 0 Å². The maximum Gasteiger partial charge on any atom is 0.0928 e. The van der Waals surface area contributed by atoms with E-state index >= 15 is 0 Å². The van der Waals surface area contributed by atoms with Crippen LogP contribution in [0.4, 0.5) is 0 Å². The van der Waals surface area contributed by atoms with Crippen LogP contribution in [0.1, 0.15) is 31.0 Å². The van der Waals surface area contributed by atoms with E-state index in [0.29, 0.717) is 0 Å². The Balaban J connectivity index is 2.39. The molecule has 1 heterocycles. The normalized spacial score (nSPS) is 10.9. The first-order chi connectivity index (χ1) is 5.18. The molecule has 2 heteroatoms. The zero-order chi connectivity index (χ0) is 8.27. The van der Waals surface area contributed by atoms with Gasteiger partial charge in [0.2, 0.25) is 0 Å². The summed E-state index contributed by atoms with van der Waals surface area (Å²) < 4.78 is 0. The SMILES string of the molecule is Cc1csc(CCC(C)C)n1.